The molecule has 5 nitrogen and oxygen atoms in total. The molecule has 1 N–H and O–H groups in total. The molecule has 8 heteroatoms. The molecule has 0 unspecified atom stereocenters. The van der Waals surface area contributed by atoms with Gasteiger partial charge in [-0.3, -0.25) is 0 Å². The van der Waals surface area contributed by atoms with E-state index in [0.29, 0.717) is 11.6 Å². The first-order valence-corrected chi connectivity index (χ1v) is 12.9. The van der Waals surface area contributed by atoms with Gasteiger partial charge >= 0.3 is 0 Å². The molecule has 0 spiro atoms. The van der Waals surface area contributed by atoms with Crippen molar-refractivity contribution in [2.75, 3.05) is 11.5 Å². The van der Waals surface area contributed by atoms with Gasteiger partial charge in [-0.05, 0) is 35.2 Å². The third-order valence-corrected chi connectivity index (χ3v) is 9.62. The molecule has 1 fully saturated rings. The zero-order valence-corrected chi connectivity index (χ0v) is 18.2. The first-order chi connectivity index (χ1) is 13.1. The Morgan fingerprint density at radius 3 is 2.32 bits per heavy atom. The minimum absolute atomic E-state index is 0.156. The van der Waals surface area contributed by atoms with E-state index in [9.17, 15) is 16.8 Å². The van der Waals surface area contributed by atoms with Crippen molar-refractivity contribution >= 4 is 31.3 Å². The third-order valence-electron chi connectivity index (χ3n) is 5.09. The summed E-state index contributed by atoms with van der Waals surface area (Å²) in [4.78, 5) is 0.156. The van der Waals surface area contributed by atoms with Crippen LogP contribution in [-0.4, -0.2) is 39.6 Å². The molecule has 0 bridgehead atoms. The third kappa shape index (κ3) is 4.59. The molecule has 0 radical (unpaired) electrons. The number of sulfone groups is 2. The Hall–Kier alpha value is -1.41. The number of hydrogen-bond acceptors (Lipinski definition) is 5. The van der Waals surface area contributed by atoms with Crippen molar-refractivity contribution in [2.24, 2.45) is 0 Å². The maximum atomic E-state index is 13.2. The molecule has 3 rings (SSSR count). The Labute approximate surface area is 172 Å². The predicted octanol–water partition coefficient (Wildman–Crippen LogP) is 3.19. The molecule has 0 saturated carbocycles. The van der Waals surface area contributed by atoms with E-state index in [1.165, 1.54) is 0 Å². The highest BCUT2D eigenvalue weighted by atomic mass is 35.5. The lowest BCUT2D eigenvalue weighted by molar-refractivity contribution is 0.526. The zero-order valence-electron chi connectivity index (χ0n) is 15.8. The highest BCUT2D eigenvalue weighted by molar-refractivity contribution is 7.96. The Bertz CT molecular complexity index is 1050. The Balaban J connectivity index is 1.85. The van der Waals surface area contributed by atoms with Crippen LogP contribution in [0.25, 0.3) is 0 Å². The molecule has 1 aliphatic heterocycles. The van der Waals surface area contributed by atoms with Gasteiger partial charge in [0.05, 0.1) is 21.7 Å². The lowest BCUT2D eigenvalue weighted by atomic mass is 10.0. The lowest BCUT2D eigenvalue weighted by Gasteiger charge is -2.20. The van der Waals surface area contributed by atoms with E-state index < -0.39 is 31.0 Å². The maximum Gasteiger partial charge on any atom is 0.183 e. The number of nitrogens with one attached hydrogen (secondary N) is 1. The summed E-state index contributed by atoms with van der Waals surface area (Å²) < 4.78 is 50.8. The predicted molar refractivity (Wildman–Crippen MR) is 112 cm³/mol. The van der Waals surface area contributed by atoms with Crippen LogP contribution in [0, 0.1) is 0 Å². The van der Waals surface area contributed by atoms with Gasteiger partial charge in [0.25, 0.3) is 0 Å². The molecule has 2 atom stereocenters. The minimum Gasteiger partial charge on any atom is -0.308 e. The number of halogens is 1. The Morgan fingerprint density at radius 1 is 1.07 bits per heavy atom. The van der Waals surface area contributed by atoms with Crippen LogP contribution in [0.2, 0.25) is 5.02 Å². The monoisotopic (exact) mass is 441 g/mol. The van der Waals surface area contributed by atoms with Crippen LogP contribution in [0.5, 0.6) is 0 Å². The summed E-state index contributed by atoms with van der Waals surface area (Å²) in [6.07, 6.45) is 0. The SMILES string of the molecule is CC(C)c1ccc(S(=O)(=O)[C@H]2CS(=O)(=O)C[C@@H]2NCc2ccccc2Cl)cc1. The van der Waals surface area contributed by atoms with Crippen molar-refractivity contribution in [3.63, 3.8) is 0 Å². The van der Waals surface area contributed by atoms with Crippen LogP contribution in [0.4, 0.5) is 0 Å². The fraction of sp³-hybridized carbons (Fsp3) is 0.400. The van der Waals surface area contributed by atoms with Gasteiger partial charge in [0.2, 0.25) is 0 Å². The van der Waals surface area contributed by atoms with E-state index in [1.807, 2.05) is 26.0 Å². The summed E-state index contributed by atoms with van der Waals surface area (Å²) in [5.74, 6) is -0.291. The molecule has 1 aliphatic rings. The summed E-state index contributed by atoms with van der Waals surface area (Å²) in [5.41, 5.74) is 1.83. The molecule has 2 aromatic rings. The largest absolute Gasteiger partial charge is 0.308 e. The van der Waals surface area contributed by atoms with Crippen LogP contribution in [0.15, 0.2) is 53.4 Å². The normalized spacial score (nSPS) is 21.9. The molecule has 28 heavy (non-hydrogen) atoms. The summed E-state index contributed by atoms with van der Waals surface area (Å²) in [5, 5.41) is 2.64. The van der Waals surface area contributed by atoms with Gasteiger partial charge in [-0.1, -0.05) is 55.8 Å². The standard InChI is InChI=1S/C20H24ClNO4S2/c1-14(2)15-7-9-17(10-8-15)28(25,26)20-13-27(23,24)12-19(20)22-11-16-5-3-4-6-18(16)21/h3-10,14,19-20,22H,11-13H2,1-2H3/t19-,20-/m0/s1. The summed E-state index contributed by atoms with van der Waals surface area (Å²) >= 11 is 6.15. The molecular weight excluding hydrogens is 418 g/mol. The second-order valence-electron chi connectivity index (χ2n) is 7.46. The van der Waals surface area contributed by atoms with Gasteiger partial charge < -0.3 is 5.32 Å². The van der Waals surface area contributed by atoms with Gasteiger partial charge in [0.15, 0.2) is 19.7 Å². The second kappa shape index (κ2) is 8.14. The highest BCUT2D eigenvalue weighted by Gasteiger charge is 2.45. The van der Waals surface area contributed by atoms with E-state index >= 15 is 0 Å². The van der Waals surface area contributed by atoms with E-state index in [4.69, 9.17) is 11.6 Å². The summed E-state index contributed by atoms with van der Waals surface area (Å²) in [6.45, 7) is 4.36. The van der Waals surface area contributed by atoms with Crippen molar-refractivity contribution in [2.45, 2.75) is 42.5 Å². The molecular formula is C20H24ClNO4S2. The van der Waals surface area contributed by atoms with E-state index in [2.05, 4.69) is 5.32 Å². The van der Waals surface area contributed by atoms with Crippen LogP contribution in [0.3, 0.4) is 0 Å². The van der Waals surface area contributed by atoms with Gasteiger partial charge in [0, 0.05) is 17.6 Å². The Kier molecular flexibility index (Phi) is 6.20. The molecule has 1 saturated heterocycles. The van der Waals surface area contributed by atoms with Crippen molar-refractivity contribution in [3.8, 4) is 0 Å². The molecule has 0 amide bonds. The fourth-order valence-corrected chi connectivity index (χ4v) is 8.33. The summed E-state index contributed by atoms with van der Waals surface area (Å²) in [7, 11) is -7.24. The van der Waals surface area contributed by atoms with Gasteiger partial charge in [0.1, 0.15) is 0 Å². The zero-order chi connectivity index (χ0) is 20.5. The summed E-state index contributed by atoms with van der Waals surface area (Å²) in [6, 6.07) is 13.2. The number of hydrogen-bond donors (Lipinski definition) is 1. The van der Waals surface area contributed by atoms with E-state index in [1.54, 1.807) is 36.4 Å². The maximum absolute atomic E-state index is 13.2. The quantitative estimate of drug-likeness (QED) is 0.744. The van der Waals surface area contributed by atoms with Gasteiger partial charge in [-0.25, -0.2) is 16.8 Å². The number of rotatable bonds is 6. The second-order valence-corrected chi connectivity index (χ2v) is 12.2. The fourth-order valence-electron chi connectivity index (χ4n) is 3.41. The average molecular weight is 442 g/mol. The molecule has 2 aromatic carbocycles. The Morgan fingerprint density at radius 2 is 1.71 bits per heavy atom. The van der Waals surface area contributed by atoms with Crippen molar-refractivity contribution in [3.05, 3.63) is 64.7 Å². The first-order valence-electron chi connectivity index (χ1n) is 9.11. The van der Waals surface area contributed by atoms with Crippen LogP contribution >= 0.6 is 11.6 Å². The topological polar surface area (TPSA) is 80.3 Å². The molecule has 0 aromatic heterocycles. The van der Waals surface area contributed by atoms with Crippen molar-refractivity contribution < 1.29 is 16.8 Å². The molecule has 152 valence electrons. The first kappa shape index (κ1) is 21.3. The molecule has 0 aliphatic carbocycles. The smallest absolute Gasteiger partial charge is 0.183 e. The van der Waals surface area contributed by atoms with Crippen molar-refractivity contribution in [1.29, 1.82) is 0 Å². The van der Waals surface area contributed by atoms with Crippen LogP contribution in [-0.2, 0) is 26.2 Å². The molecule has 1 heterocycles. The highest BCUT2D eigenvalue weighted by Crippen LogP contribution is 2.28. The minimum atomic E-state index is -3.79. The van der Waals surface area contributed by atoms with Gasteiger partial charge in [-0.2, -0.15) is 0 Å². The number of benzene rings is 2. The van der Waals surface area contributed by atoms with Gasteiger partial charge in [-0.15, -0.1) is 0 Å². The van der Waals surface area contributed by atoms with E-state index in [-0.39, 0.29) is 22.3 Å². The van der Waals surface area contributed by atoms with Crippen LogP contribution in [0.1, 0.15) is 30.9 Å². The van der Waals surface area contributed by atoms with E-state index in [0.717, 1.165) is 11.1 Å². The average Bonchev–Trinajstić information content (AvgIpc) is 2.96. The lowest BCUT2D eigenvalue weighted by Crippen LogP contribution is -2.43. The van der Waals surface area contributed by atoms with Crippen LogP contribution < -0.4 is 5.32 Å². The van der Waals surface area contributed by atoms with Crippen molar-refractivity contribution in [1.82, 2.24) is 5.32 Å².